The van der Waals surface area contributed by atoms with Gasteiger partial charge in [-0.15, -0.1) is 0 Å². The Morgan fingerprint density at radius 1 is 1.14 bits per heavy atom. The third-order valence-corrected chi connectivity index (χ3v) is 3.43. The summed E-state index contributed by atoms with van der Waals surface area (Å²) in [6.45, 7) is 1.70. The van der Waals surface area contributed by atoms with Gasteiger partial charge in [-0.3, -0.25) is 0 Å². The van der Waals surface area contributed by atoms with E-state index in [0.29, 0.717) is 16.9 Å². The molecular weight excluding hydrogens is 264 g/mol. The van der Waals surface area contributed by atoms with Crippen molar-refractivity contribution >= 4 is 11.4 Å². The van der Waals surface area contributed by atoms with E-state index in [2.05, 4.69) is 6.07 Å². The highest BCUT2D eigenvalue weighted by atomic mass is 16.5. The smallest absolute Gasteiger partial charge is 0.126 e. The van der Waals surface area contributed by atoms with Gasteiger partial charge in [-0.25, -0.2) is 0 Å². The SMILES string of the molecule is COc1cccc(N(C)c2ccccc2C#N)c1[C@H](C)O. The van der Waals surface area contributed by atoms with E-state index in [1.807, 2.05) is 48.3 Å². The fourth-order valence-electron chi connectivity index (χ4n) is 2.41. The Kier molecular flexibility index (Phi) is 4.46. The van der Waals surface area contributed by atoms with Gasteiger partial charge in [-0.2, -0.15) is 5.26 Å². The molecule has 1 atom stereocenters. The quantitative estimate of drug-likeness (QED) is 0.934. The monoisotopic (exact) mass is 282 g/mol. The molecule has 0 bridgehead atoms. The van der Waals surface area contributed by atoms with Crippen LogP contribution in [0.4, 0.5) is 11.4 Å². The zero-order valence-electron chi connectivity index (χ0n) is 12.4. The number of ether oxygens (including phenoxy) is 1. The van der Waals surface area contributed by atoms with Gasteiger partial charge < -0.3 is 14.7 Å². The summed E-state index contributed by atoms with van der Waals surface area (Å²) in [5, 5.41) is 19.3. The Labute approximate surface area is 124 Å². The third kappa shape index (κ3) is 2.83. The van der Waals surface area contributed by atoms with Crippen LogP contribution >= 0.6 is 0 Å². The number of nitriles is 1. The molecule has 108 valence electrons. The fourth-order valence-corrected chi connectivity index (χ4v) is 2.41. The molecule has 2 rings (SSSR count). The fraction of sp³-hybridized carbons (Fsp3) is 0.235. The van der Waals surface area contributed by atoms with Crippen LogP contribution in [0.1, 0.15) is 24.2 Å². The van der Waals surface area contributed by atoms with Crippen LogP contribution < -0.4 is 9.64 Å². The standard InChI is InChI=1S/C17H18N2O2/c1-12(20)17-15(9-6-10-16(17)21-3)19(2)14-8-5-4-7-13(14)11-18/h4-10,12,20H,1-3H3/t12-/m0/s1. The summed E-state index contributed by atoms with van der Waals surface area (Å²) >= 11 is 0. The van der Waals surface area contributed by atoms with Crippen LogP contribution in [-0.4, -0.2) is 19.3 Å². The minimum Gasteiger partial charge on any atom is -0.496 e. The van der Waals surface area contributed by atoms with Crippen LogP contribution in [0, 0.1) is 11.3 Å². The molecule has 0 aliphatic carbocycles. The molecule has 0 aromatic heterocycles. The number of aliphatic hydroxyl groups is 1. The van der Waals surface area contributed by atoms with Gasteiger partial charge in [0.15, 0.2) is 0 Å². The molecule has 0 radical (unpaired) electrons. The molecule has 0 amide bonds. The minimum atomic E-state index is -0.673. The molecule has 0 aliphatic heterocycles. The first kappa shape index (κ1) is 14.9. The lowest BCUT2D eigenvalue weighted by Crippen LogP contribution is -2.14. The van der Waals surface area contributed by atoms with Gasteiger partial charge in [0.1, 0.15) is 11.8 Å². The zero-order chi connectivity index (χ0) is 15.4. The summed E-state index contributed by atoms with van der Waals surface area (Å²) in [7, 11) is 3.45. The van der Waals surface area contributed by atoms with E-state index >= 15 is 0 Å². The molecule has 0 heterocycles. The van der Waals surface area contributed by atoms with E-state index in [1.54, 1.807) is 20.1 Å². The van der Waals surface area contributed by atoms with Gasteiger partial charge in [-0.1, -0.05) is 18.2 Å². The van der Waals surface area contributed by atoms with Crippen LogP contribution in [0.2, 0.25) is 0 Å². The van der Waals surface area contributed by atoms with Crippen molar-refractivity contribution in [3.8, 4) is 11.8 Å². The van der Waals surface area contributed by atoms with E-state index in [1.165, 1.54) is 0 Å². The number of nitrogens with zero attached hydrogens (tertiary/aromatic N) is 2. The second-order valence-electron chi connectivity index (χ2n) is 4.76. The number of para-hydroxylation sites is 1. The summed E-state index contributed by atoms with van der Waals surface area (Å²) < 4.78 is 5.34. The number of hydrogen-bond acceptors (Lipinski definition) is 4. The largest absolute Gasteiger partial charge is 0.496 e. The van der Waals surface area contributed by atoms with Crippen LogP contribution in [0.25, 0.3) is 0 Å². The van der Waals surface area contributed by atoms with E-state index in [-0.39, 0.29) is 0 Å². The molecule has 4 nitrogen and oxygen atoms in total. The molecule has 0 unspecified atom stereocenters. The number of methoxy groups -OCH3 is 1. The highest BCUT2D eigenvalue weighted by Crippen LogP contribution is 2.37. The Morgan fingerprint density at radius 2 is 1.81 bits per heavy atom. The van der Waals surface area contributed by atoms with Crippen molar-refractivity contribution in [2.75, 3.05) is 19.1 Å². The van der Waals surface area contributed by atoms with Crippen molar-refractivity contribution in [1.82, 2.24) is 0 Å². The second kappa shape index (κ2) is 6.29. The van der Waals surface area contributed by atoms with Crippen LogP contribution in [0.15, 0.2) is 42.5 Å². The lowest BCUT2D eigenvalue weighted by Gasteiger charge is -2.25. The minimum absolute atomic E-state index is 0.583. The maximum Gasteiger partial charge on any atom is 0.126 e. The van der Waals surface area contributed by atoms with Gasteiger partial charge in [0.05, 0.1) is 30.2 Å². The molecule has 0 aliphatic rings. The first-order chi connectivity index (χ1) is 10.1. The van der Waals surface area contributed by atoms with Crippen molar-refractivity contribution in [3.05, 3.63) is 53.6 Å². The molecular formula is C17H18N2O2. The Hall–Kier alpha value is -2.51. The molecule has 0 spiro atoms. The van der Waals surface area contributed by atoms with Crippen LogP contribution in [0.3, 0.4) is 0 Å². The van der Waals surface area contributed by atoms with Gasteiger partial charge in [0.2, 0.25) is 0 Å². The molecule has 2 aromatic rings. The molecule has 21 heavy (non-hydrogen) atoms. The molecule has 1 N–H and O–H groups in total. The highest BCUT2D eigenvalue weighted by molar-refractivity contribution is 5.72. The molecule has 2 aromatic carbocycles. The summed E-state index contributed by atoms with van der Waals surface area (Å²) in [4.78, 5) is 1.89. The van der Waals surface area contributed by atoms with Gasteiger partial charge in [-0.05, 0) is 31.2 Å². The maximum absolute atomic E-state index is 10.1. The number of anilines is 2. The third-order valence-electron chi connectivity index (χ3n) is 3.43. The number of hydrogen-bond donors (Lipinski definition) is 1. The van der Waals surface area contributed by atoms with Crippen molar-refractivity contribution in [1.29, 1.82) is 5.26 Å². The summed E-state index contributed by atoms with van der Waals surface area (Å²) in [5.74, 6) is 0.629. The Morgan fingerprint density at radius 3 is 2.43 bits per heavy atom. The average Bonchev–Trinajstić information content (AvgIpc) is 2.53. The van der Waals surface area contributed by atoms with Crippen LogP contribution in [-0.2, 0) is 0 Å². The first-order valence-electron chi connectivity index (χ1n) is 6.68. The van der Waals surface area contributed by atoms with Crippen molar-refractivity contribution < 1.29 is 9.84 Å². The first-order valence-corrected chi connectivity index (χ1v) is 6.68. The van der Waals surface area contributed by atoms with Crippen molar-refractivity contribution in [2.24, 2.45) is 0 Å². The molecule has 0 fully saturated rings. The molecule has 4 heteroatoms. The molecule has 0 saturated carbocycles. The summed E-state index contributed by atoms with van der Waals surface area (Å²) in [6, 6.07) is 15.1. The van der Waals surface area contributed by atoms with Crippen molar-refractivity contribution in [3.63, 3.8) is 0 Å². The zero-order valence-corrected chi connectivity index (χ0v) is 12.4. The van der Waals surface area contributed by atoms with Gasteiger partial charge in [0, 0.05) is 12.6 Å². The average molecular weight is 282 g/mol. The Balaban J connectivity index is 2.59. The van der Waals surface area contributed by atoms with E-state index in [0.717, 1.165) is 11.4 Å². The second-order valence-corrected chi connectivity index (χ2v) is 4.76. The topological polar surface area (TPSA) is 56.5 Å². The highest BCUT2D eigenvalue weighted by Gasteiger charge is 2.18. The van der Waals surface area contributed by atoms with Gasteiger partial charge >= 0.3 is 0 Å². The van der Waals surface area contributed by atoms with E-state index in [4.69, 9.17) is 4.74 Å². The van der Waals surface area contributed by atoms with E-state index < -0.39 is 6.10 Å². The lowest BCUT2D eigenvalue weighted by molar-refractivity contribution is 0.195. The summed E-state index contributed by atoms with van der Waals surface area (Å²) in [6.07, 6.45) is -0.673. The van der Waals surface area contributed by atoms with Crippen LogP contribution in [0.5, 0.6) is 5.75 Å². The molecule has 0 saturated heterocycles. The maximum atomic E-state index is 10.1. The predicted octanol–water partition coefficient (Wildman–Crippen LogP) is 3.39. The number of aliphatic hydroxyl groups excluding tert-OH is 1. The normalized spacial score (nSPS) is 11.6. The van der Waals surface area contributed by atoms with E-state index in [9.17, 15) is 10.4 Å². The number of rotatable bonds is 4. The van der Waals surface area contributed by atoms with Crippen molar-refractivity contribution in [2.45, 2.75) is 13.0 Å². The Bertz CT molecular complexity index is 675. The van der Waals surface area contributed by atoms with Gasteiger partial charge in [0.25, 0.3) is 0 Å². The number of benzene rings is 2. The summed E-state index contributed by atoms with van der Waals surface area (Å²) in [5.41, 5.74) is 2.89. The lowest BCUT2D eigenvalue weighted by atomic mass is 10.0. The predicted molar refractivity (Wildman–Crippen MR) is 82.8 cm³/mol.